The maximum atomic E-state index is 2.37. The van der Waals surface area contributed by atoms with E-state index >= 15 is 0 Å². The Morgan fingerprint density at radius 1 is 0.484 bits per heavy atom. The first kappa shape index (κ1) is 23.1. The highest BCUT2D eigenvalue weighted by atomic mass is 15.1. The van der Waals surface area contributed by atoms with Gasteiger partial charge in [0.2, 0.25) is 0 Å². The highest BCUT2D eigenvalue weighted by Gasteiger charge is 2.24. The molecule has 0 heterocycles. The number of benzene rings is 3. The lowest BCUT2D eigenvalue weighted by atomic mass is 9.78. The molecule has 31 heavy (non-hydrogen) atoms. The lowest BCUT2D eigenvalue weighted by Gasteiger charge is -2.31. The van der Waals surface area contributed by atoms with Crippen molar-refractivity contribution in [3.05, 3.63) is 90.0 Å². The smallest absolute Gasteiger partial charge is 0.0461 e. The predicted octanol–water partition coefficient (Wildman–Crippen LogP) is 9.31. The van der Waals surface area contributed by atoms with Gasteiger partial charge in [0.25, 0.3) is 0 Å². The highest BCUT2D eigenvalue weighted by molar-refractivity contribution is 5.76. The van der Waals surface area contributed by atoms with Crippen LogP contribution in [0.2, 0.25) is 0 Å². The summed E-state index contributed by atoms with van der Waals surface area (Å²) in [4.78, 5) is 2.36. The molecule has 3 aromatic carbocycles. The van der Waals surface area contributed by atoms with Crippen LogP contribution in [0, 0.1) is 0 Å². The van der Waals surface area contributed by atoms with Crippen molar-refractivity contribution in [1.29, 1.82) is 0 Å². The lowest BCUT2D eigenvalue weighted by molar-refractivity contribution is 0.439. The molecule has 0 aliphatic heterocycles. The van der Waals surface area contributed by atoms with Crippen LogP contribution in [-0.2, 0) is 10.8 Å². The fourth-order valence-electron chi connectivity index (χ4n) is 4.37. The van der Waals surface area contributed by atoms with Gasteiger partial charge in [-0.05, 0) is 84.0 Å². The van der Waals surface area contributed by atoms with Crippen LogP contribution in [0.1, 0.15) is 78.4 Å². The molecule has 1 heteroatoms. The Bertz CT molecular complexity index is 868. The molecule has 0 fully saturated rings. The average molecular weight is 414 g/mol. The zero-order valence-electron chi connectivity index (χ0n) is 20.3. The SMILES string of the molecule is CCC(C)(CC)c1ccc(N(c2ccccc2)c2ccc(C(C)(CC)CC)cc2)cc1. The molecule has 0 amide bonds. The number of anilines is 3. The molecule has 0 saturated carbocycles. The molecular formula is C30H39N. The molecule has 0 aliphatic rings. The molecule has 0 aromatic heterocycles. The lowest BCUT2D eigenvalue weighted by Crippen LogP contribution is -2.20. The van der Waals surface area contributed by atoms with Crippen molar-refractivity contribution in [3.63, 3.8) is 0 Å². The topological polar surface area (TPSA) is 3.24 Å². The van der Waals surface area contributed by atoms with Gasteiger partial charge < -0.3 is 4.90 Å². The summed E-state index contributed by atoms with van der Waals surface area (Å²) in [6.07, 6.45) is 4.61. The van der Waals surface area contributed by atoms with Crippen molar-refractivity contribution in [3.8, 4) is 0 Å². The first-order valence-electron chi connectivity index (χ1n) is 12.0. The van der Waals surface area contributed by atoms with Crippen LogP contribution in [0.25, 0.3) is 0 Å². The van der Waals surface area contributed by atoms with Crippen LogP contribution < -0.4 is 4.90 Å². The molecule has 0 radical (unpaired) electrons. The second kappa shape index (κ2) is 9.73. The summed E-state index contributed by atoms with van der Waals surface area (Å²) in [6.45, 7) is 13.9. The molecule has 164 valence electrons. The molecule has 0 aliphatic carbocycles. The Morgan fingerprint density at radius 3 is 1.13 bits per heavy atom. The maximum absolute atomic E-state index is 2.37. The second-order valence-electron chi connectivity index (χ2n) is 9.30. The molecule has 0 atom stereocenters. The van der Waals surface area contributed by atoms with Gasteiger partial charge in [0.15, 0.2) is 0 Å². The van der Waals surface area contributed by atoms with E-state index in [2.05, 4.69) is 125 Å². The van der Waals surface area contributed by atoms with Crippen molar-refractivity contribution in [2.75, 3.05) is 4.90 Å². The third-order valence-electron chi connectivity index (χ3n) is 7.78. The van der Waals surface area contributed by atoms with Crippen molar-refractivity contribution in [2.45, 2.75) is 78.1 Å². The minimum Gasteiger partial charge on any atom is -0.311 e. The maximum Gasteiger partial charge on any atom is 0.0461 e. The summed E-state index contributed by atoms with van der Waals surface area (Å²) in [5.41, 5.74) is 6.91. The summed E-state index contributed by atoms with van der Waals surface area (Å²) in [5.74, 6) is 0. The molecule has 0 unspecified atom stereocenters. The second-order valence-corrected chi connectivity index (χ2v) is 9.30. The number of hydrogen-bond acceptors (Lipinski definition) is 1. The molecule has 0 spiro atoms. The number of para-hydroxylation sites is 1. The average Bonchev–Trinajstić information content (AvgIpc) is 2.84. The normalized spacial score (nSPS) is 12.1. The van der Waals surface area contributed by atoms with E-state index in [0.29, 0.717) is 0 Å². The Labute approximate surface area is 190 Å². The summed E-state index contributed by atoms with van der Waals surface area (Å²) in [6, 6.07) is 29.1. The van der Waals surface area contributed by atoms with E-state index in [1.165, 1.54) is 28.2 Å². The van der Waals surface area contributed by atoms with Crippen LogP contribution in [0.3, 0.4) is 0 Å². The van der Waals surface area contributed by atoms with Gasteiger partial charge in [0.05, 0.1) is 0 Å². The molecule has 0 saturated heterocycles. The molecule has 0 N–H and O–H groups in total. The van der Waals surface area contributed by atoms with Gasteiger partial charge in [-0.25, -0.2) is 0 Å². The quantitative estimate of drug-likeness (QED) is 0.338. The van der Waals surface area contributed by atoms with Crippen molar-refractivity contribution in [1.82, 2.24) is 0 Å². The Kier molecular flexibility index (Phi) is 7.26. The predicted molar refractivity (Wildman–Crippen MR) is 137 cm³/mol. The van der Waals surface area contributed by atoms with Crippen LogP contribution in [0.15, 0.2) is 78.9 Å². The summed E-state index contributed by atoms with van der Waals surface area (Å²) < 4.78 is 0. The molecule has 0 bridgehead atoms. The Balaban J connectivity index is 2.03. The van der Waals surface area contributed by atoms with E-state index < -0.39 is 0 Å². The molecule has 3 rings (SSSR count). The number of hydrogen-bond donors (Lipinski definition) is 0. The van der Waals surface area contributed by atoms with Crippen molar-refractivity contribution in [2.24, 2.45) is 0 Å². The van der Waals surface area contributed by atoms with Gasteiger partial charge in [0, 0.05) is 17.1 Å². The van der Waals surface area contributed by atoms with Gasteiger partial charge in [-0.3, -0.25) is 0 Å². The minimum absolute atomic E-state index is 0.239. The fraction of sp³-hybridized carbons (Fsp3) is 0.400. The van der Waals surface area contributed by atoms with Crippen LogP contribution in [0.4, 0.5) is 17.1 Å². The van der Waals surface area contributed by atoms with Crippen molar-refractivity contribution >= 4 is 17.1 Å². The number of rotatable bonds is 9. The Morgan fingerprint density at radius 2 is 0.806 bits per heavy atom. The monoisotopic (exact) mass is 413 g/mol. The van der Waals surface area contributed by atoms with Gasteiger partial charge in [-0.15, -0.1) is 0 Å². The van der Waals surface area contributed by atoms with Crippen LogP contribution >= 0.6 is 0 Å². The van der Waals surface area contributed by atoms with E-state index in [9.17, 15) is 0 Å². The third-order valence-corrected chi connectivity index (χ3v) is 7.78. The summed E-state index contributed by atoms with van der Waals surface area (Å²) in [7, 11) is 0. The summed E-state index contributed by atoms with van der Waals surface area (Å²) in [5, 5.41) is 0. The van der Waals surface area contributed by atoms with Gasteiger partial charge in [-0.2, -0.15) is 0 Å². The molecule has 1 nitrogen and oxygen atoms in total. The first-order valence-corrected chi connectivity index (χ1v) is 12.0. The standard InChI is InChI=1S/C30H39N/c1-7-29(5,8-2)24-16-20-27(21-17-24)31(26-14-12-11-13-15-26)28-22-18-25(19-23-28)30(6,9-3)10-4/h11-23H,7-10H2,1-6H3. The zero-order valence-corrected chi connectivity index (χ0v) is 20.3. The van der Waals surface area contributed by atoms with Gasteiger partial charge in [-0.1, -0.05) is 84.0 Å². The third kappa shape index (κ3) is 4.71. The zero-order chi connectivity index (χ0) is 22.5. The fourth-order valence-corrected chi connectivity index (χ4v) is 4.37. The van der Waals surface area contributed by atoms with E-state index in [-0.39, 0.29) is 10.8 Å². The van der Waals surface area contributed by atoms with Crippen LogP contribution in [0.5, 0.6) is 0 Å². The largest absolute Gasteiger partial charge is 0.311 e. The van der Waals surface area contributed by atoms with E-state index in [1.807, 2.05) is 0 Å². The minimum atomic E-state index is 0.239. The molecule has 3 aromatic rings. The summed E-state index contributed by atoms with van der Waals surface area (Å²) >= 11 is 0. The van der Waals surface area contributed by atoms with E-state index in [1.54, 1.807) is 0 Å². The van der Waals surface area contributed by atoms with Crippen molar-refractivity contribution < 1.29 is 0 Å². The molecular weight excluding hydrogens is 374 g/mol. The van der Waals surface area contributed by atoms with E-state index in [0.717, 1.165) is 25.7 Å². The van der Waals surface area contributed by atoms with Gasteiger partial charge in [0.1, 0.15) is 0 Å². The van der Waals surface area contributed by atoms with Crippen LogP contribution in [-0.4, -0.2) is 0 Å². The first-order chi connectivity index (χ1) is 14.9. The van der Waals surface area contributed by atoms with E-state index in [4.69, 9.17) is 0 Å². The highest BCUT2D eigenvalue weighted by Crippen LogP contribution is 2.39. The number of nitrogens with zero attached hydrogens (tertiary/aromatic N) is 1. The Hall–Kier alpha value is -2.54. The van der Waals surface area contributed by atoms with Gasteiger partial charge >= 0.3 is 0 Å².